The van der Waals surface area contributed by atoms with E-state index in [-0.39, 0.29) is 12.2 Å². The molecule has 0 radical (unpaired) electrons. The molecular weight excluding hydrogens is 552 g/mol. The van der Waals surface area contributed by atoms with E-state index in [0.29, 0.717) is 26.7 Å². The monoisotopic (exact) mass is 566 g/mol. The summed E-state index contributed by atoms with van der Waals surface area (Å²) in [5, 5.41) is 13.8. The normalized spacial score (nSPS) is 10.8. The molecule has 2 N–H and O–H groups in total. The van der Waals surface area contributed by atoms with Crippen LogP contribution in [0.5, 0.6) is 11.5 Å². The number of ether oxygens (including phenoxy) is 2. The van der Waals surface area contributed by atoms with Gasteiger partial charge in [0.2, 0.25) is 0 Å². The molecule has 0 aliphatic rings. The van der Waals surface area contributed by atoms with E-state index in [1.165, 1.54) is 12.1 Å². The van der Waals surface area contributed by atoms with Gasteiger partial charge in [-0.05, 0) is 68.3 Å². The molecule has 6 nitrogen and oxygen atoms in total. The zero-order valence-electron chi connectivity index (χ0n) is 16.2. The average Bonchev–Trinajstić information content (AvgIpc) is 2.77. The topological polar surface area (TPSA) is 80.2 Å². The summed E-state index contributed by atoms with van der Waals surface area (Å²) in [6.45, 7) is 0.280. The summed E-state index contributed by atoms with van der Waals surface area (Å²) in [5.74, 6) is 0.0748. The molecule has 0 bridgehead atoms. The minimum atomic E-state index is -0.979. The number of hydrazone groups is 1. The highest BCUT2D eigenvalue weighted by Crippen LogP contribution is 2.42. The molecule has 0 spiro atoms. The number of hydrogen-bond acceptors (Lipinski definition) is 5. The highest BCUT2D eigenvalue weighted by atomic mass is 79.9. The maximum absolute atomic E-state index is 10.9. The van der Waals surface area contributed by atoms with Gasteiger partial charge in [-0.25, -0.2) is 4.79 Å². The summed E-state index contributed by atoms with van der Waals surface area (Å²) < 4.78 is 12.9. The van der Waals surface area contributed by atoms with Crippen molar-refractivity contribution < 1.29 is 19.4 Å². The maximum Gasteiger partial charge on any atom is 0.335 e. The molecule has 3 aromatic carbocycles. The van der Waals surface area contributed by atoms with E-state index in [0.717, 1.165) is 15.6 Å². The van der Waals surface area contributed by atoms with Crippen LogP contribution in [0.3, 0.4) is 0 Å². The third-order valence-electron chi connectivity index (χ3n) is 4.23. The number of rotatable bonds is 8. The number of benzene rings is 3. The third-order valence-corrected chi connectivity index (χ3v) is 6.75. The summed E-state index contributed by atoms with van der Waals surface area (Å²) in [6.07, 6.45) is 1.61. The molecule has 0 amide bonds. The van der Waals surface area contributed by atoms with Gasteiger partial charge in [-0.2, -0.15) is 5.10 Å². The molecule has 31 heavy (non-hydrogen) atoms. The summed E-state index contributed by atoms with van der Waals surface area (Å²) in [7, 11) is 1.56. The van der Waals surface area contributed by atoms with Gasteiger partial charge in [0.15, 0.2) is 11.5 Å². The van der Waals surface area contributed by atoms with Crippen molar-refractivity contribution >= 4 is 61.3 Å². The Hall–Kier alpha value is -2.55. The van der Waals surface area contributed by atoms with E-state index in [1.54, 1.807) is 31.5 Å². The fraction of sp³-hybridized carbons (Fsp3) is 0.0909. The number of anilines is 1. The molecule has 160 valence electrons. The van der Waals surface area contributed by atoms with E-state index in [4.69, 9.17) is 26.2 Å². The summed E-state index contributed by atoms with van der Waals surface area (Å²) >= 11 is 13.3. The number of nitrogens with zero attached hydrogens (tertiary/aromatic N) is 1. The summed E-state index contributed by atoms with van der Waals surface area (Å²) in [4.78, 5) is 10.9. The van der Waals surface area contributed by atoms with Crippen molar-refractivity contribution in [1.29, 1.82) is 0 Å². The van der Waals surface area contributed by atoms with Gasteiger partial charge in [0.05, 0.1) is 29.0 Å². The largest absolute Gasteiger partial charge is 0.493 e. The number of halogens is 3. The van der Waals surface area contributed by atoms with Crippen molar-refractivity contribution in [2.24, 2.45) is 5.10 Å². The lowest BCUT2D eigenvalue weighted by Gasteiger charge is -2.15. The van der Waals surface area contributed by atoms with Gasteiger partial charge in [0.1, 0.15) is 6.61 Å². The Morgan fingerprint density at radius 2 is 1.87 bits per heavy atom. The molecule has 0 saturated carbocycles. The van der Waals surface area contributed by atoms with Crippen LogP contribution in [0.25, 0.3) is 0 Å². The Morgan fingerprint density at radius 3 is 2.52 bits per heavy atom. The summed E-state index contributed by atoms with van der Waals surface area (Å²) in [5.41, 5.74) is 5.33. The minimum absolute atomic E-state index is 0.207. The molecular formula is C22H17Br2ClN2O4. The molecule has 0 atom stereocenters. The smallest absolute Gasteiger partial charge is 0.335 e. The van der Waals surface area contributed by atoms with E-state index < -0.39 is 5.97 Å². The lowest BCUT2D eigenvalue weighted by Crippen LogP contribution is -2.01. The molecule has 0 aromatic heterocycles. The Kier molecular flexibility index (Phi) is 7.95. The van der Waals surface area contributed by atoms with Gasteiger partial charge >= 0.3 is 5.97 Å². The Balaban J connectivity index is 1.77. The van der Waals surface area contributed by atoms with Gasteiger partial charge < -0.3 is 14.6 Å². The van der Waals surface area contributed by atoms with Gasteiger partial charge in [-0.1, -0.05) is 29.8 Å². The first kappa shape index (κ1) is 23.1. The van der Waals surface area contributed by atoms with Crippen molar-refractivity contribution in [2.45, 2.75) is 6.61 Å². The molecule has 0 unspecified atom stereocenters. The number of carboxylic acid groups (broad SMARTS) is 1. The zero-order chi connectivity index (χ0) is 22.4. The first-order valence-electron chi connectivity index (χ1n) is 8.95. The van der Waals surface area contributed by atoms with Crippen molar-refractivity contribution in [1.82, 2.24) is 0 Å². The Morgan fingerprint density at radius 1 is 1.16 bits per heavy atom. The summed E-state index contributed by atoms with van der Waals surface area (Å²) in [6, 6.07) is 15.5. The first-order chi connectivity index (χ1) is 14.9. The second-order valence-corrected chi connectivity index (χ2v) is 8.25. The molecule has 9 heteroatoms. The van der Waals surface area contributed by atoms with Crippen LogP contribution in [0.15, 0.2) is 68.6 Å². The lowest BCUT2D eigenvalue weighted by molar-refractivity contribution is 0.0697. The van der Waals surface area contributed by atoms with Gasteiger partial charge in [0.25, 0.3) is 0 Å². The van der Waals surface area contributed by atoms with Crippen LogP contribution in [-0.2, 0) is 6.61 Å². The fourth-order valence-electron chi connectivity index (χ4n) is 2.61. The quantitative estimate of drug-likeness (QED) is 0.237. The second-order valence-electron chi connectivity index (χ2n) is 6.26. The highest BCUT2D eigenvalue weighted by molar-refractivity contribution is 9.13. The van der Waals surface area contributed by atoms with Crippen molar-refractivity contribution in [2.75, 3.05) is 12.5 Å². The number of nitrogens with one attached hydrogen (secondary N) is 1. The number of carboxylic acids is 1. The lowest BCUT2D eigenvalue weighted by atomic mass is 10.2. The predicted octanol–water partition coefficient (Wildman–Crippen LogP) is 6.60. The predicted molar refractivity (Wildman–Crippen MR) is 129 cm³/mol. The van der Waals surface area contributed by atoms with E-state index in [2.05, 4.69) is 42.4 Å². The van der Waals surface area contributed by atoms with Crippen LogP contribution in [0.1, 0.15) is 21.5 Å². The van der Waals surface area contributed by atoms with Gasteiger partial charge in [-0.3, -0.25) is 5.43 Å². The molecule has 0 aliphatic heterocycles. The molecule has 0 saturated heterocycles. The fourth-order valence-corrected chi connectivity index (χ4v) is 3.74. The van der Waals surface area contributed by atoms with Crippen LogP contribution < -0.4 is 14.9 Å². The van der Waals surface area contributed by atoms with E-state index in [9.17, 15) is 4.79 Å². The number of aromatic carboxylic acids is 1. The SMILES string of the molecule is COc1cc(/C=N\Nc2ccc(C(=O)O)cc2)c(Br)c(Br)c1OCc1ccccc1Cl. The third kappa shape index (κ3) is 5.78. The second kappa shape index (κ2) is 10.7. The van der Waals surface area contributed by atoms with Crippen molar-refractivity contribution in [3.8, 4) is 11.5 Å². The molecule has 0 aliphatic carbocycles. The number of methoxy groups -OCH3 is 1. The van der Waals surface area contributed by atoms with Crippen LogP contribution in [0, 0.1) is 0 Å². The van der Waals surface area contributed by atoms with Crippen LogP contribution in [0.4, 0.5) is 5.69 Å². The Labute approximate surface area is 201 Å². The van der Waals surface area contributed by atoms with Crippen molar-refractivity contribution in [3.05, 3.63) is 85.3 Å². The van der Waals surface area contributed by atoms with Crippen LogP contribution in [0.2, 0.25) is 5.02 Å². The zero-order valence-corrected chi connectivity index (χ0v) is 20.2. The first-order valence-corrected chi connectivity index (χ1v) is 10.9. The van der Waals surface area contributed by atoms with Crippen LogP contribution >= 0.6 is 43.5 Å². The maximum atomic E-state index is 10.9. The molecule has 0 heterocycles. The molecule has 3 rings (SSSR count). The van der Waals surface area contributed by atoms with E-state index in [1.807, 2.05) is 24.3 Å². The van der Waals surface area contributed by atoms with Crippen molar-refractivity contribution in [3.63, 3.8) is 0 Å². The molecule has 0 fully saturated rings. The Bertz CT molecular complexity index is 1120. The van der Waals surface area contributed by atoms with E-state index >= 15 is 0 Å². The average molecular weight is 569 g/mol. The standard InChI is InChI=1S/C22H17Br2ClN2O4/c1-30-18-10-15(11-26-27-16-8-6-13(7-9-16)22(28)29)19(23)20(24)21(18)31-12-14-4-2-3-5-17(14)25/h2-11,27H,12H2,1H3,(H,28,29)/b26-11-. The number of carbonyl (C=O) groups is 1. The van der Waals surface area contributed by atoms with Crippen LogP contribution in [-0.4, -0.2) is 24.4 Å². The minimum Gasteiger partial charge on any atom is -0.493 e. The number of hydrogen-bond donors (Lipinski definition) is 2. The highest BCUT2D eigenvalue weighted by Gasteiger charge is 2.17. The van der Waals surface area contributed by atoms with Gasteiger partial charge in [0, 0.05) is 20.6 Å². The van der Waals surface area contributed by atoms with Gasteiger partial charge in [-0.15, -0.1) is 0 Å². The molecule has 3 aromatic rings.